The van der Waals surface area contributed by atoms with E-state index < -0.39 is 11.7 Å². The Morgan fingerprint density at radius 1 is 1.00 bits per heavy atom. The lowest BCUT2D eigenvalue weighted by atomic mass is 9.94. The van der Waals surface area contributed by atoms with Crippen molar-refractivity contribution in [2.45, 2.75) is 51.7 Å². The minimum atomic E-state index is -4.52. The predicted octanol–water partition coefficient (Wildman–Crippen LogP) is 4.83. The van der Waals surface area contributed by atoms with Crippen LogP contribution < -0.4 is 5.32 Å². The molecule has 0 radical (unpaired) electrons. The molecule has 0 aromatic heterocycles. The zero-order chi connectivity index (χ0) is 26.8. The van der Waals surface area contributed by atoms with Crippen LogP contribution in [0.4, 0.5) is 18.0 Å². The molecule has 9 heteroatoms. The zero-order valence-corrected chi connectivity index (χ0v) is 22.1. The summed E-state index contributed by atoms with van der Waals surface area (Å²) >= 11 is 0. The van der Waals surface area contributed by atoms with E-state index in [1.165, 1.54) is 12.1 Å². The highest BCUT2D eigenvalue weighted by atomic mass is 19.4. The Bertz CT molecular complexity index is 1070. The van der Waals surface area contributed by atoms with E-state index in [4.69, 9.17) is 4.74 Å². The summed E-state index contributed by atoms with van der Waals surface area (Å²) in [4.78, 5) is 18.5. The Labute approximate surface area is 217 Å². The first-order valence-electron chi connectivity index (χ1n) is 12.8. The standard InChI is InChI=1S/C28H37F3N4O2/c1-27(2,3)32-26(36)35-17-23(18-35)37-19-22-6-5-7-24(25(22)28(29,30)31)21-10-8-20(9-11-21)16-34-14-12-33(4)13-15-34/h5-11,23H,12-19H2,1-4H3,(H,32,36). The van der Waals surface area contributed by atoms with Gasteiger partial charge < -0.3 is 19.9 Å². The summed E-state index contributed by atoms with van der Waals surface area (Å²) in [6.45, 7) is 11.0. The third kappa shape index (κ3) is 7.24. The summed E-state index contributed by atoms with van der Waals surface area (Å²) < 4.78 is 48.5. The Morgan fingerprint density at radius 2 is 1.65 bits per heavy atom. The summed E-state index contributed by atoms with van der Waals surface area (Å²) in [6, 6.07) is 11.8. The molecular weight excluding hydrogens is 481 g/mol. The highest BCUT2D eigenvalue weighted by molar-refractivity contribution is 5.76. The number of ether oxygens (including phenoxy) is 1. The Balaban J connectivity index is 1.42. The number of urea groups is 1. The molecule has 202 valence electrons. The maximum atomic E-state index is 14.2. The van der Waals surface area contributed by atoms with Gasteiger partial charge in [-0.25, -0.2) is 4.79 Å². The number of rotatable bonds is 6. The molecule has 4 rings (SSSR count). The first kappa shape index (κ1) is 27.4. The number of halogens is 3. The van der Waals surface area contributed by atoms with Gasteiger partial charge in [0.2, 0.25) is 0 Å². The van der Waals surface area contributed by atoms with E-state index in [0.717, 1.165) is 38.3 Å². The first-order chi connectivity index (χ1) is 17.4. The molecule has 2 amide bonds. The first-order valence-corrected chi connectivity index (χ1v) is 12.8. The number of hydrogen-bond donors (Lipinski definition) is 1. The highest BCUT2D eigenvalue weighted by Crippen LogP contribution is 2.40. The largest absolute Gasteiger partial charge is 0.417 e. The van der Waals surface area contributed by atoms with Crippen LogP contribution in [-0.2, 0) is 24.1 Å². The molecule has 2 heterocycles. The lowest BCUT2D eigenvalue weighted by Crippen LogP contribution is -2.60. The molecule has 0 unspecified atom stereocenters. The van der Waals surface area contributed by atoms with Crippen LogP contribution in [0.5, 0.6) is 0 Å². The van der Waals surface area contributed by atoms with Gasteiger partial charge in [-0.2, -0.15) is 13.2 Å². The minimum Gasteiger partial charge on any atom is -0.370 e. The van der Waals surface area contributed by atoms with E-state index in [1.807, 2.05) is 32.9 Å². The quantitative estimate of drug-likeness (QED) is 0.595. The van der Waals surface area contributed by atoms with Crippen molar-refractivity contribution in [3.8, 4) is 11.1 Å². The molecule has 2 saturated heterocycles. The monoisotopic (exact) mass is 518 g/mol. The molecule has 2 aromatic carbocycles. The van der Waals surface area contributed by atoms with Crippen molar-refractivity contribution in [1.82, 2.24) is 20.0 Å². The number of piperazine rings is 1. The predicted molar refractivity (Wildman–Crippen MR) is 138 cm³/mol. The molecular formula is C28H37F3N4O2. The van der Waals surface area contributed by atoms with Crippen molar-refractivity contribution in [2.75, 3.05) is 46.3 Å². The van der Waals surface area contributed by atoms with Crippen molar-refractivity contribution in [2.24, 2.45) is 0 Å². The van der Waals surface area contributed by atoms with Gasteiger partial charge in [-0.3, -0.25) is 4.90 Å². The van der Waals surface area contributed by atoms with Crippen LogP contribution in [-0.4, -0.2) is 78.7 Å². The Hall–Kier alpha value is -2.62. The summed E-state index contributed by atoms with van der Waals surface area (Å²) in [5.74, 6) is 0. The van der Waals surface area contributed by atoms with E-state index in [2.05, 4.69) is 22.2 Å². The molecule has 37 heavy (non-hydrogen) atoms. The number of carbonyl (C=O) groups excluding carboxylic acids is 1. The molecule has 0 bridgehead atoms. The lowest BCUT2D eigenvalue weighted by Gasteiger charge is -2.40. The highest BCUT2D eigenvalue weighted by Gasteiger charge is 2.38. The second kappa shape index (κ2) is 11.0. The molecule has 0 atom stereocenters. The number of nitrogens with one attached hydrogen (secondary N) is 1. The van der Waals surface area contributed by atoms with Crippen LogP contribution in [0.2, 0.25) is 0 Å². The maximum Gasteiger partial charge on any atom is 0.417 e. The van der Waals surface area contributed by atoms with E-state index in [0.29, 0.717) is 18.7 Å². The maximum absolute atomic E-state index is 14.2. The number of nitrogens with zero attached hydrogens (tertiary/aromatic N) is 3. The molecule has 0 spiro atoms. The lowest BCUT2D eigenvalue weighted by molar-refractivity contribution is -0.139. The Morgan fingerprint density at radius 3 is 2.24 bits per heavy atom. The van der Waals surface area contributed by atoms with Gasteiger partial charge in [0.05, 0.1) is 31.4 Å². The average molecular weight is 519 g/mol. The van der Waals surface area contributed by atoms with Crippen LogP contribution in [0.3, 0.4) is 0 Å². The van der Waals surface area contributed by atoms with Crippen LogP contribution in [0.15, 0.2) is 42.5 Å². The number of hydrogen-bond acceptors (Lipinski definition) is 4. The van der Waals surface area contributed by atoms with Gasteiger partial charge in [-0.15, -0.1) is 0 Å². The number of alkyl halides is 3. The fourth-order valence-corrected chi connectivity index (χ4v) is 4.67. The van der Waals surface area contributed by atoms with Gasteiger partial charge in [0, 0.05) is 38.3 Å². The molecule has 0 aliphatic carbocycles. The van der Waals surface area contributed by atoms with Crippen molar-refractivity contribution in [1.29, 1.82) is 0 Å². The average Bonchev–Trinajstić information content (AvgIpc) is 2.78. The summed E-state index contributed by atoms with van der Waals surface area (Å²) in [5.41, 5.74) is 0.858. The van der Waals surface area contributed by atoms with Gasteiger partial charge >= 0.3 is 12.2 Å². The van der Waals surface area contributed by atoms with Crippen molar-refractivity contribution < 1.29 is 22.7 Å². The molecule has 2 fully saturated rings. The van der Waals surface area contributed by atoms with Crippen LogP contribution >= 0.6 is 0 Å². The van der Waals surface area contributed by atoms with Crippen molar-refractivity contribution in [3.63, 3.8) is 0 Å². The number of amides is 2. The SMILES string of the molecule is CN1CCN(Cc2ccc(-c3cccc(COC4CN(C(=O)NC(C)(C)C)C4)c3C(F)(F)F)cc2)CC1. The fourth-order valence-electron chi connectivity index (χ4n) is 4.67. The smallest absolute Gasteiger partial charge is 0.370 e. The van der Waals surface area contributed by atoms with Gasteiger partial charge in [0.1, 0.15) is 0 Å². The Kier molecular flexibility index (Phi) is 8.16. The molecule has 2 aliphatic heterocycles. The van der Waals surface area contributed by atoms with Crippen LogP contribution in [0.25, 0.3) is 11.1 Å². The zero-order valence-electron chi connectivity index (χ0n) is 22.1. The number of likely N-dealkylation sites (tertiary alicyclic amines) is 1. The number of benzene rings is 2. The van der Waals surface area contributed by atoms with Crippen LogP contribution in [0.1, 0.15) is 37.5 Å². The topological polar surface area (TPSA) is 48.1 Å². The minimum absolute atomic E-state index is 0.101. The van der Waals surface area contributed by atoms with Crippen LogP contribution in [0, 0.1) is 0 Å². The van der Waals surface area contributed by atoms with Gasteiger partial charge in [0.15, 0.2) is 0 Å². The summed E-state index contributed by atoms with van der Waals surface area (Å²) in [6.07, 6.45) is -4.81. The van der Waals surface area contributed by atoms with Crippen molar-refractivity contribution in [3.05, 3.63) is 59.2 Å². The fraction of sp³-hybridized carbons (Fsp3) is 0.536. The number of likely N-dealkylation sites (N-methyl/N-ethyl adjacent to an activating group) is 1. The van der Waals surface area contributed by atoms with E-state index in [1.54, 1.807) is 23.1 Å². The molecule has 6 nitrogen and oxygen atoms in total. The second-order valence-electron chi connectivity index (χ2n) is 11.1. The van der Waals surface area contributed by atoms with Gasteiger partial charge in [0.25, 0.3) is 0 Å². The third-order valence-electron chi connectivity index (χ3n) is 6.79. The van der Waals surface area contributed by atoms with Crippen molar-refractivity contribution >= 4 is 6.03 Å². The van der Waals surface area contributed by atoms with E-state index >= 15 is 0 Å². The third-order valence-corrected chi connectivity index (χ3v) is 6.79. The molecule has 0 saturated carbocycles. The molecule has 1 N–H and O–H groups in total. The number of carbonyl (C=O) groups is 1. The summed E-state index contributed by atoms with van der Waals surface area (Å²) in [5, 5.41) is 2.88. The van der Waals surface area contributed by atoms with E-state index in [9.17, 15) is 18.0 Å². The summed E-state index contributed by atoms with van der Waals surface area (Å²) in [7, 11) is 2.11. The second-order valence-corrected chi connectivity index (χ2v) is 11.1. The molecule has 2 aromatic rings. The normalized spacial score (nSPS) is 18.1. The van der Waals surface area contributed by atoms with E-state index in [-0.39, 0.29) is 35.4 Å². The molecule has 2 aliphatic rings. The van der Waals surface area contributed by atoms with Gasteiger partial charge in [-0.05, 0) is 50.1 Å². The van der Waals surface area contributed by atoms with Gasteiger partial charge in [-0.1, -0.05) is 42.5 Å².